The molecule has 2 amide bonds. The van der Waals surface area contributed by atoms with Gasteiger partial charge in [-0.05, 0) is 112 Å². The van der Waals surface area contributed by atoms with Crippen molar-refractivity contribution in [1.29, 1.82) is 0 Å². The second kappa shape index (κ2) is 18.4. The molecule has 0 fully saturated rings. The summed E-state index contributed by atoms with van der Waals surface area (Å²) >= 11 is 14.2. The van der Waals surface area contributed by atoms with Crippen LogP contribution in [0.5, 0.6) is 11.5 Å². The van der Waals surface area contributed by atoms with Crippen molar-refractivity contribution in [2.75, 3.05) is 26.3 Å². The topological polar surface area (TPSA) is 113 Å². The van der Waals surface area contributed by atoms with E-state index in [-0.39, 0.29) is 18.0 Å². The Balaban J connectivity index is 1.47. The molecule has 0 saturated heterocycles. The van der Waals surface area contributed by atoms with Crippen molar-refractivity contribution in [3.63, 3.8) is 0 Å². The maximum atomic E-state index is 12.8. The van der Waals surface area contributed by atoms with Gasteiger partial charge in [-0.25, -0.2) is 4.57 Å². The quantitative estimate of drug-likeness (QED) is 0.0529. The first kappa shape index (κ1) is 35.0. The van der Waals surface area contributed by atoms with Crippen LogP contribution in [0.2, 0.25) is 0 Å². The number of hydrogen-bond acceptors (Lipinski definition) is 6. The molecular formula is C30H33Br4N4O5+. The number of halogens is 4. The van der Waals surface area contributed by atoms with E-state index in [0.717, 1.165) is 42.0 Å². The molecule has 3 rings (SSSR count). The number of nitrogens with one attached hydrogen (secondary N) is 2. The van der Waals surface area contributed by atoms with E-state index in [1.54, 1.807) is 0 Å². The van der Waals surface area contributed by atoms with Gasteiger partial charge in [-0.1, -0.05) is 11.2 Å². The van der Waals surface area contributed by atoms with Gasteiger partial charge in [0, 0.05) is 45.0 Å². The van der Waals surface area contributed by atoms with Crippen LogP contribution in [0.15, 0.2) is 77.9 Å². The number of aromatic nitrogens is 1. The summed E-state index contributed by atoms with van der Waals surface area (Å²) in [6, 6.07) is 13.5. The minimum atomic E-state index is -0.453. The number of amides is 2. The molecule has 230 valence electrons. The largest absolute Gasteiger partial charge is 0.491 e. The number of carbonyl (C=O) groups is 2. The molecule has 0 unspecified atom stereocenters. The van der Waals surface area contributed by atoms with Gasteiger partial charge in [0.05, 0.1) is 31.1 Å². The van der Waals surface area contributed by atoms with Crippen LogP contribution in [0.3, 0.4) is 0 Å². The Hall–Kier alpha value is -2.48. The number of benzene rings is 2. The highest BCUT2D eigenvalue weighted by atomic mass is 79.9. The minimum Gasteiger partial charge on any atom is -0.491 e. The highest BCUT2D eigenvalue weighted by molar-refractivity contribution is 9.11. The number of hydrogen-bond donors (Lipinski definition) is 3. The lowest BCUT2D eigenvalue weighted by molar-refractivity contribution is -0.697. The number of pyridine rings is 1. The molecule has 9 nitrogen and oxygen atoms in total. The second-order valence-corrected chi connectivity index (χ2v) is 12.9. The zero-order chi connectivity index (χ0) is 31.2. The van der Waals surface area contributed by atoms with Gasteiger partial charge in [-0.15, -0.1) is 0 Å². The molecule has 0 atom stereocenters. The van der Waals surface area contributed by atoms with Crippen LogP contribution in [0.4, 0.5) is 0 Å². The molecule has 0 saturated carbocycles. The van der Waals surface area contributed by atoms with Crippen LogP contribution in [0.25, 0.3) is 0 Å². The van der Waals surface area contributed by atoms with Crippen molar-refractivity contribution in [1.82, 2.24) is 10.6 Å². The van der Waals surface area contributed by atoms with Gasteiger partial charge < -0.3 is 25.3 Å². The average Bonchev–Trinajstić information content (AvgIpc) is 2.96. The smallest absolute Gasteiger partial charge is 0.269 e. The van der Waals surface area contributed by atoms with Gasteiger partial charge in [0.1, 0.15) is 17.2 Å². The van der Waals surface area contributed by atoms with Crippen molar-refractivity contribution >= 4 is 81.2 Å². The van der Waals surface area contributed by atoms with Crippen LogP contribution in [-0.2, 0) is 29.0 Å². The second-order valence-electron chi connectivity index (χ2n) is 9.51. The number of rotatable bonds is 16. The van der Waals surface area contributed by atoms with E-state index >= 15 is 0 Å². The maximum Gasteiger partial charge on any atom is 0.269 e. The molecular weight excluding hydrogens is 816 g/mol. The lowest BCUT2D eigenvalue weighted by Crippen LogP contribution is -2.33. The summed E-state index contributed by atoms with van der Waals surface area (Å²) in [6.45, 7) is 4.20. The molecule has 0 aliphatic rings. The average molecular weight is 849 g/mol. The van der Waals surface area contributed by atoms with Crippen LogP contribution < -0.4 is 24.7 Å². The van der Waals surface area contributed by atoms with Crippen molar-refractivity contribution < 1.29 is 28.8 Å². The molecule has 2 aromatic carbocycles. The SMILES string of the molecule is CC(=O)NCCCOc1c(Br)cc(CCNC(=O)C(Cc2cc(Br)c(OCCC[n+]3ccccc3)c(Br)c2)=NO)cc1Br. The first-order valence-corrected chi connectivity index (χ1v) is 16.7. The maximum absolute atomic E-state index is 12.8. The summed E-state index contributed by atoms with van der Waals surface area (Å²) in [6.07, 6.45) is 6.24. The Morgan fingerprint density at radius 1 is 0.814 bits per heavy atom. The van der Waals surface area contributed by atoms with Gasteiger partial charge in [0.2, 0.25) is 5.91 Å². The van der Waals surface area contributed by atoms with E-state index in [0.29, 0.717) is 50.6 Å². The molecule has 13 heteroatoms. The standard InChI is InChI=1S/C30H32Br4N4O5/c1-20(39)35-8-5-13-42-28-23(31)15-21(16-24(28)32)7-9-36-30(40)27(37-41)19-22-17-25(33)29(26(34)18-22)43-14-6-12-38-10-3-2-4-11-38/h2-4,10-11,15-18H,5-9,12-14,19H2,1H3,(H2-,35,36,39,40,41)/p+1. The van der Waals surface area contributed by atoms with Gasteiger partial charge in [0.15, 0.2) is 18.9 Å². The van der Waals surface area contributed by atoms with Crippen LogP contribution in [0.1, 0.15) is 30.9 Å². The molecule has 3 aromatic rings. The normalized spacial score (nSPS) is 11.2. The predicted molar refractivity (Wildman–Crippen MR) is 179 cm³/mol. The summed E-state index contributed by atoms with van der Waals surface area (Å²) in [7, 11) is 0. The molecule has 0 aliphatic heterocycles. The van der Waals surface area contributed by atoms with Crippen molar-refractivity contribution in [3.05, 3.63) is 83.9 Å². The molecule has 43 heavy (non-hydrogen) atoms. The highest BCUT2D eigenvalue weighted by Gasteiger charge is 2.17. The number of ether oxygens (including phenoxy) is 2. The van der Waals surface area contributed by atoms with E-state index in [2.05, 4.69) is 84.1 Å². The summed E-state index contributed by atoms with van der Waals surface area (Å²) < 4.78 is 16.9. The third kappa shape index (κ3) is 11.8. The van der Waals surface area contributed by atoms with E-state index in [4.69, 9.17) is 9.47 Å². The van der Waals surface area contributed by atoms with E-state index < -0.39 is 5.91 Å². The molecule has 1 aromatic heterocycles. The van der Waals surface area contributed by atoms with Gasteiger partial charge >= 0.3 is 0 Å². The Kier molecular flexibility index (Phi) is 14.9. The van der Waals surface area contributed by atoms with Gasteiger partial charge in [-0.2, -0.15) is 0 Å². The number of oxime groups is 1. The summed E-state index contributed by atoms with van der Waals surface area (Å²) in [5.74, 6) is 0.824. The summed E-state index contributed by atoms with van der Waals surface area (Å²) in [5, 5.41) is 18.4. The monoisotopic (exact) mass is 845 g/mol. The van der Waals surface area contributed by atoms with E-state index in [9.17, 15) is 14.8 Å². The Morgan fingerprint density at radius 3 is 1.93 bits per heavy atom. The fourth-order valence-electron chi connectivity index (χ4n) is 4.04. The first-order valence-electron chi connectivity index (χ1n) is 13.6. The molecule has 1 heterocycles. The Morgan fingerprint density at radius 2 is 1.37 bits per heavy atom. The summed E-state index contributed by atoms with van der Waals surface area (Å²) in [4.78, 5) is 23.8. The third-order valence-electron chi connectivity index (χ3n) is 6.10. The molecule has 0 aliphatic carbocycles. The van der Waals surface area contributed by atoms with Crippen LogP contribution >= 0.6 is 63.7 Å². The van der Waals surface area contributed by atoms with E-state index in [1.807, 2.05) is 54.9 Å². The predicted octanol–water partition coefficient (Wildman–Crippen LogP) is 6.13. The van der Waals surface area contributed by atoms with Crippen molar-refractivity contribution in [3.8, 4) is 11.5 Å². The lowest BCUT2D eigenvalue weighted by atomic mass is 10.1. The first-order chi connectivity index (χ1) is 20.7. The fraction of sp³-hybridized carbons (Fsp3) is 0.333. The number of aryl methyl sites for hydroxylation is 1. The zero-order valence-corrected chi connectivity index (χ0v) is 29.9. The lowest BCUT2D eigenvalue weighted by Gasteiger charge is -2.13. The molecule has 0 radical (unpaired) electrons. The number of nitrogens with zero attached hydrogens (tertiary/aromatic N) is 2. The zero-order valence-electron chi connectivity index (χ0n) is 23.5. The van der Waals surface area contributed by atoms with Gasteiger partial charge in [-0.3, -0.25) is 9.59 Å². The molecule has 0 bridgehead atoms. The van der Waals surface area contributed by atoms with E-state index in [1.165, 1.54) is 6.92 Å². The Bertz CT molecular complexity index is 1380. The minimum absolute atomic E-state index is 0.00211. The molecule has 0 spiro atoms. The third-order valence-corrected chi connectivity index (χ3v) is 8.45. The van der Waals surface area contributed by atoms with Crippen molar-refractivity contribution in [2.45, 2.75) is 39.2 Å². The van der Waals surface area contributed by atoms with Crippen molar-refractivity contribution in [2.24, 2.45) is 5.16 Å². The molecule has 3 N–H and O–H groups in total. The van der Waals surface area contributed by atoms with Gasteiger partial charge in [0.25, 0.3) is 5.91 Å². The Labute approximate surface area is 284 Å². The summed E-state index contributed by atoms with van der Waals surface area (Å²) in [5.41, 5.74) is 1.74. The van der Waals surface area contributed by atoms with Crippen LogP contribution in [0, 0.1) is 0 Å². The number of carbonyl (C=O) groups excluding carboxylic acids is 2. The fourth-order valence-corrected chi connectivity index (χ4v) is 7.06. The van der Waals surface area contributed by atoms with Crippen LogP contribution in [-0.4, -0.2) is 49.0 Å². The highest BCUT2D eigenvalue weighted by Crippen LogP contribution is 2.36.